The Morgan fingerprint density at radius 3 is 2.78 bits per heavy atom. The molecule has 2 aromatic heterocycles. The summed E-state index contributed by atoms with van der Waals surface area (Å²) in [5.41, 5.74) is 4.89. The number of thiophene rings is 1. The number of carbonyl (C=O) groups excluding carboxylic acids is 1. The quantitative estimate of drug-likeness (QED) is 0.528. The number of benzene rings is 1. The predicted octanol–water partition coefficient (Wildman–Crippen LogP) is 4.39. The monoisotopic (exact) mass is 379 g/mol. The molecule has 0 saturated heterocycles. The highest BCUT2D eigenvalue weighted by Gasteiger charge is 2.19. The molecule has 4 nitrogen and oxygen atoms in total. The van der Waals surface area contributed by atoms with Crippen molar-refractivity contribution in [3.05, 3.63) is 64.0 Å². The maximum Gasteiger partial charge on any atom is 0.193 e. The predicted molar refractivity (Wildman–Crippen MR) is 114 cm³/mol. The number of nitrogens with two attached hydrogens (primary N) is 1. The molecule has 0 fully saturated rings. The van der Waals surface area contributed by atoms with Gasteiger partial charge in [0.05, 0.1) is 5.52 Å². The Morgan fingerprint density at radius 1 is 1.26 bits per heavy atom. The lowest BCUT2D eigenvalue weighted by molar-refractivity contribution is 0.103. The summed E-state index contributed by atoms with van der Waals surface area (Å²) in [6, 6.07) is 7.69. The Bertz CT molecular complexity index is 998. The van der Waals surface area contributed by atoms with E-state index in [9.17, 15) is 4.79 Å². The van der Waals surface area contributed by atoms with Crippen molar-refractivity contribution in [1.29, 1.82) is 0 Å². The van der Waals surface area contributed by atoms with Gasteiger partial charge < -0.3 is 5.84 Å². The summed E-state index contributed by atoms with van der Waals surface area (Å²) in [5, 5.41) is 4.89. The first kappa shape index (κ1) is 18.0. The molecule has 0 unspecified atom stereocenters. The number of carbonyl (C=O) groups is 1. The Morgan fingerprint density at radius 2 is 2.11 bits per heavy atom. The van der Waals surface area contributed by atoms with Gasteiger partial charge in [-0.3, -0.25) is 14.4 Å². The Balaban J connectivity index is 1.68. The minimum absolute atomic E-state index is 0.0644. The molecule has 0 atom stereocenters. The molecule has 0 spiro atoms. The van der Waals surface area contributed by atoms with Crippen LogP contribution in [0.2, 0.25) is 0 Å². The number of hydrogen-bond acceptors (Lipinski definition) is 4. The van der Waals surface area contributed by atoms with E-state index in [1.54, 1.807) is 16.0 Å². The number of nitrogen functional groups attached to an aromatic ring is 1. The molecule has 3 heterocycles. The lowest BCUT2D eigenvalue weighted by Crippen LogP contribution is -2.31. The van der Waals surface area contributed by atoms with Gasteiger partial charge in [-0.1, -0.05) is 19.9 Å². The highest BCUT2D eigenvalue weighted by Crippen LogP contribution is 2.31. The van der Waals surface area contributed by atoms with Crippen molar-refractivity contribution in [3.8, 4) is 0 Å². The molecule has 1 aliphatic heterocycles. The molecule has 1 aliphatic rings. The van der Waals surface area contributed by atoms with E-state index in [0.717, 1.165) is 48.1 Å². The maximum atomic E-state index is 12.7. The summed E-state index contributed by atoms with van der Waals surface area (Å²) < 4.78 is 1.67. The number of nitrogens with zero attached hydrogens (tertiary/aromatic N) is 2. The normalized spacial score (nSPS) is 15.4. The van der Waals surface area contributed by atoms with Gasteiger partial charge in [-0.25, -0.2) is 0 Å². The highest BCUT2D eigenvalue weighted by atomic mass is 32.1. The van der Waals surface area contributed by atoms with Crippen molar-refractivity contribution in [1.82, 2.24) is 9.58 Å². The van der Waals surface area contributed by atoms with Crippen molar-refractivity contribution in [3.63, 3.8) is 0 Å². The third-order valence-corrected chi connectivity index (χ3v) is 5.82. The Labute approximate surface area is 163 Å². The van der Waals surface area contributed by atoms with Crippen LogP contribution in [0.15, 0.2) is 47.3 Å². The topological polar surface area (TPSA) is 51.3 Å². The molecule has 0 saturated carbocycles. The van der Waals surface area contributed by atoms with Crippen LogP contribution in [0.5, 0.6) is 0 Å². The molecule has 140 valence electrons. The first-order chi connectivity index (χ1) is 13.0. The van der Waals surface area contributed by atoms with Crippen molar-refractivity contribution in [2.24, 2.45) is 5.92 Å². The fraction of sp³-hybridized carbons (Fsp3) is 0.318. The number of ketones is 1. The van der Waals surface area contributed by atoms with Crippen LogP contribution >= 0.6 is 11.3 Å². The van der Waals surface area contributed by atoms with Crippen LogP contribution in [-0.4, -0.2) is 35.0 Å². The number of hydrogen-bond donors (Lipinski definition) is 1. The van der Waals surface area contributed by atoms with Gasteiger partial charge in [0, 0.05) is 53.3 Å². The molecule has 3 aromatic rings. The van der Waals surface area contributed by atoms with Gasteiger partial charge in [0.15, 0.2) is 5.78 Å². The van der Waals surface area contributed by atoms with Crippen LogP contribution in [0.1, 0.15) is 41.8 Å². The van der Waals surface area contributed by atoms with E-state index in [1.807, 2.05) is 41.2 Å². The molecule has 2 N–H and O–H groups in total. The van der Waals surface area contributed by atoms with Gasteiger partial charge in [-0.15, -0.1) is 0 Å². The van der Waals surface area contributed by atoms with E-state index < -0.39 is 0 Å². The summed E-state index contributed by atoms with van der Waals surface area (Å²) >= 11 is 1.54. The molecule has 27 heavy (non-hydrogen) atoms. The van der Waals surface area contributed by atoms with E-state index in [2.05, 4.69) is 24.8 Å². The molecular formula is C22H25N3OS. The molecule has 0 aliphatic carbocycles. The van der Waals surface area contributed by atoms with Crippen molar-refractivity contribution < 1.29 is 4.79 Å². The molecular weight excluding hydrogens is 354 g/mol. The van der Waals surface area contributed by atoms with Crippen LogP contribution in [0.25, 0.3) is 16.5 Å². The van der Waals surface area contributed by atoms with Crippen molar-refractivity contribution >= 4 is 33.6 Å². The maximum absolute atomic E-state index is 12.7. The second-order valence-corrected chi connectivity index (χ2v) is 8.44. The van der Waals surface area contributed by atoms with Crippen molar-refractivity contribution in [2.45, 2.75) is 20.3 Å². The van der Waals surface area contributed by atoms with Crippen LogP contribution in [-0.2, 0) is 0 Å². The van der Waals surface area contributed by atoms with Crippen LogP contribution in [0.4, 0.5) is 0 Å². The lowest BCUT2D eigenvalue weighted by Gasteiger charge is -2.27. The van der Waals surface area contributed by atoms with E-state index in [0.29, 0.717) is 11.5 Å². The molecule has 0 bridgehead atoms. The van der Waals surface area contributed by atoms with Gasteiger partial charge in [0.1, 0.15) is 0 Å². The first-order valence-corrected chi connectivity index (χ1v) is 10.4. The third kappa shape index (κ3) is 3.57. The van der Waals surface area contributed by atoms with Crippen LogP contribution in [0, 0.1) is 5.92 Å². The summed E-state index contributed by atoms with van der Waals surface area (Å²) in [6.45, 7) is 7.68. The van der Waals surface area contributed by atoms with Crippen LogP contribution in [0.3, 0.4) is 0 Å². The third-order valence-electron chi connectivity index (χ3n) is 5.14. The standard InChI is InChI=1S/C22H25N3OS/c1-15(2)12-24-8-5-16(6-9-24)20-13-25(23)21-4-3-17(11-19(20)21)22(26)18-7-10-27-14-18/h3-5,7,10-11,13-15H,6,8-9,12,23H2,1-2H3. The first-order valence-electron chi connectivity index (χ1n) is 9.42. The Hall–Kier alpha value is -2.37. The molecule has 0 amide bonds. The molecule has 4 rings (SSSR count). The van der Waals surface area contributed by atoms with Gasteiger partial charge in [0.2, 0.25) is 0 Å². The average molecular weight is 380 g/mol. The fourth-order valence-electron chi connectivity index (χ4n) is 3.85. The minimum Gasteiger partial charge on any atom is -0.339 e. The van der Waals surface area contributed by atoms with E-state index in [4.69, 9.17) is 5.84 Å². The highest BCUT2D eigenvalue weighted by molar-refractivity contribution is 7.08. The Kier molecular flexibility index (Phi) is 4.89. The zero-order chi connectivity index (χ0) is 19.0. The summed E-state index contributed by atoms with van der Waals surface area (Å²) in [6.07, 6.45) is 5.32. The van der Waals surface area contributed by atoms with E-state index in [-0.39, 0.29) is 5.78 Å². The molecule has 1 aromatic carbocycles. The average Bonchev–Trinajstić information content (AvgIpc) is 3.30. The van der Waals surface area contributed by atoms with Crippen molar-refractivity contribution in [2.75, 3.05) is 25.5 Å². The van der Waals surface area contributed by atoms with E-state index in [1.165, 1.54) is 5.57 Å². The molecule has 0 radical (unpaired) electrons. The second-order valence-electron chi connectivity index (χ2n) is 7.66. The van der Waals surface area contributed by atoms with Gasteiger partial charge in [-0.2, -0.15) is 11.3 Å². The summed E-state index contributed by atoms with van der Waals surface area (Å²) in [5.74, 6) is 6.94. The summed E-state index contributed by atoms with van der Waals surface area (Å²) in [7, 11) is 0. The van der Waals surface area contributed by atoms with Gasteiger partial charge >= 0.3 is 0 Å². The van der Waals surface area contributed by atoms with E-state index >= 15 is 0 Å². The van der Waals surface area contributed by atoms with Gasteiger partial charge in [-0.05, 0) is 47.6 Å². The van der Waals surface area contributed by atoms with Gasteiger partial charge in [0.25, 0.3) is 0 Å². The number of rotatable bonds is 5. The SMILES string of the molecule is CC(C)CN1CC=C(c2cn(N)c3ccc(C(=O)c4ccsc4)cc23)CC1. The number of aromatic nitrogens is 1. The fourth-order valence-corrected chi connectivity index (χ4v) is 4.49. The summed E-state index contributed by atoms with van der Waals surface area (Å²) in [4.78, 5) is 15.2. The smallest absolute Gasteiger partial charge is 0.193 e. The zero-order valence-electron chi connectivity index (χ0n) is 15.8. The zero-order valence-corrected chi connectivity index (χ0v) is 16.6. The second kappa shape index (κ2) is 7.33. The van der Waals surface area contributed by atoms with Crippen LogP contribution < -0.4 is 5.84 Å². The number of fused-ring (bicyclic) bond motifs is 1. The lowest BCUT2D eigenvalue weighted by atomic mass is 9.96. The largest absolute Gasteiger partial charge is 0.339 e. The minimum atomic E-state index is 0.0644. The molecule has 5 heteroatoms.